The first-order valence-electron chi connectivity index (χ1n) is 9.84. The van der Waals surface area contributed by atoms with Crippen molar-refractivity contribution in [2.45, 2.75) is 25.3 Å². The molecule has 1 saturated heterocycles. The third-order valence-electron chi connectivity index (χ3n) is 5.32. The van der Waals surface area contributed by atoms with Crippen LogP contribution in [0.15, 0.2) is 60.8 Å². The van der Waals surface area contributed by atoms with Crippen LogP contribution in [-0.2, 0) is 20.7 Å². The number of benzene rings is 2. The predicted molar refractivity (Wildman–Crippen MR) is 114 cm³/mol. The van der Waals surface area contributed by atoms with E-state index in [0.717, 1.165) is 28.9 Å². The molecule has 3 aromatic rings. The Morgan fingerprint density at radius 2 is 1.87 bits per heavy atom. The van der Waals surface area contributed by atoms with Crippen LogP contribution in [0.25, 0.3) is 16.9 Å². The van der Waals surface area contributed by atoms with E-state index < -0.39 is 6.04 Å². The second-order valence-electron chi connectivity index (χ2n) is 7.24. The van der Waals surface area contributed by atoms with Crippen molar-refractivity contribution < 1.29 is 14.3 Å². The second-order valence-corrected chi connectivity index (χ2v) is 7.67. The van der Waals surface area contributed by atoms with Crippen LogP contribution < -0.4 is 0 Å². The second kappa shape index (κ2) is 8.71. The number of esters is 1. The largest absolute Gasteiger partial charge is 0.467 e. The third kappa shape index (κ3) is 4.09. The summed E-state index contributed by atoms with van der Waals surface area (Å²) >= 11 is 6.04. The molecule has 1 aromatic heterocycles. The van der Waals surface area contributed by atoms with Gasteiger partial charge in [-0.25, -0.2) is 9.48 Å². The lowest BCUT2D eigenvalue weighted by Gasteiger charge is -2.22. The summed E-state index contributed by atoms with van der Waals surface area (Å²) in [5.74, 6) is -0.468. The van der Waals surface area contributed by atoms with Crippen LogP contribution in [0.4, 0.5) is 0 Å². The number of aromatic nitrogens is 2. The fourth-order valence-electron chi connectivity index (χ4n) is 3.81. The summed E-state index contributed by atoms with van der Waals surface area (Å²) in [7, 11) is 1.35. The van der Waals surface area contributed by atoms with Gasteiger partial charge in [-0.1, -0.05) is 41.9 Å². The van der Waals surface area contributed by atoms with Gasteiger partial charge in [-0.2, -0.15) is 5.10 Å². The maximum atomic E-state index is 13.1. The maximum Gasteiger partial charge on any atom is 0.328 e. The van der Waals surface area contributed by atoms with Crippen LogP contribution in [0, 0.1) is 0 Å². The van der Waals surface area contributed by atoms with Crippen LogP contribution >= 0.6 is 11.6 Å². The summed E-state index contributed by atoms with van der Waals surface area (Å²) in [6, 6.07) is 16.6. The molecule has 154 valence electrons. The lowest BCUT2D eigenvalue weighted by atomic mass is 10.1. The Hall–Kier alpha value is -3.12. The Balaban J connectivity index is 1.67. The molecule has 6 nitrogen and oxygen atoms in total. The summed E-state index contributed by atoms with van der Waals surface area (Å²) < 4.78 is 6.64. The molecular weight excluding hydrogens is 402 g/mol. The van der Waals surface area contributed by atoms with Crippen LogP contribution in [0.1, 0.15) is 18.4 Å². The zero-order valence-corrected chi connectivity index (χ0v) is 17.4. The van der Waals surface area contributed by atoms with E-state index in [-0.39, 0.29) is 18.3 Å². The lowest BCUT2D eigenvalue weighted by Crippen LogP contribution is -2.41. The van der Waals surface area contributed by atoms with Gasteiger partial charge in [0, 0.05) is 28.9 Å². The number of ether oxygens (including phenoxy) is 1. The molecule has 0 saturated carbocycles. The first-order valence-corrected chi connectivity index (χ1v) is 10.2. The molecule has 1 unspecified atom stereocenters. The van der Waals surface area contributed by atoms with Gasteiger partial charge in [0.2, 0.25) is 5.91 Å². The van der Waals surface area contributed by atoms with Crippen LogP contribution in [0.2, 0.25) is 5.02 Å². The number of hydrogen-bond donors (Lipinski definition) is 0. The molecule has 7 heteroatoms. The van der Waals surface area contributed by atoms with Crippen molar-refractivity contribution in [3.05, 3.63) is 71.4 Å². The number of carbonyl (C=O) groups is 2. The van der Waals surface area contributed by atoms with Gasteiger partial charge >= 0.3 is 5.97 Å². The fourth-order valence-corrected chi connectivity index (χ4v) is 3.94. The van der Waals surface area contributed by atoms with Gasteiger partial charge in [0.15, 0.2) is 0 Å². The van der Waals surface area contributed by atoms with E-state index in [0.29, 0.717) is 18.0 Å². The van der Waals surface area contributed by atoms with Crippen molar-refractivity contribution in [1.29, 1.82) is 0 Å². The minimum atomic E-state index is -0.509. The highest BCUT2D eigenvalue weighted by Crippen LogP contribution is 2.27. The number of hydrogen-bond acceptors (Lipinski definition) is 4. The Labute approximate surface area is 180 Å². The predicted octanol–water partition coefficient (Wildman–Crippen LogP) is 3.90. The van der Waals surface area contributed by atoms with Gasteiger partial charge in [-0.05, 0) is 37.1 Å². The quantitative estimate of drug-likeness (QED) is 0.584. The van der Waals surface area contributed by atoms with Crippen molar-refractivity contribution in [2.75, 3.05) is 13.7 Å². The van der Waals surface area contributed by atoms with Gasteiger partial charge in [-0.3, -0.25) is 4.79 Å². The average molecular weight is 424 g/mol. The topological polar surface area (TPSA) is 64.4 Å². The number of methoxy groups -OCH3 is 1. The fraction of sp³-hybridized carbons (Fsp3) is 0.261. The summed E-state index contributed by atoms with van der Waals surface area (Å²) in [5.41, 5.74) is 3.29. The van der Waals surface area contributed by atoms with E-state index in [1.807, 2.05) is 48.7 Å². The van der Waals surface area contributed by atoms with Gasteiger partial charge < -0.3 is 9.64 Å². The van der Waals surface area contributed by atoms with Crippen molar-refractivity contribution in [2.24, 2.45) is 0 Å². The number of likely N-dealkylation sites (tertiary alicyclic amines) is 1. The molecule has 1 amide bonds. The summed E-state index contributed by atoms with van der Waals surface area (Å²) in [5, 5.41) is 5.38. The lowest BCUT2D eigenvalue weighted by molar-refractivity contribution is -0.150. The first kappa shape index (κ1) is 20.2. The van der Waals surface area contributed by atoms with Gasteiger partial charge in [0.05, 0.1) is 24.9 Å². The number of carbonyl (C=O) groups excluding carboxylic acids is 2. The Morgan fingerprint density at radius 3 is 2.57 bits per heavy atom. The van der Waals surface area contributed by atoms with Gasteiger partial charge in [0.1, 0.15) is 6.04 Å². The SMILES string of the molecule is COC(=O)C1CCCN1C(=O)Cc1cn(-c2ccccc2)nc1-c1ccc(Cl)cc1. The summed E-state index contributed by atoms with van der Waals surface area (Å²) in [6.45, 7) is 0.557. The average Bonchev–Trinajstić information content (AvgIpc) is 3.42. The molecule has 0 aliphatic carbocycles. The normalized spacial score (nSPS) is 15.9. The number of para-hydroxylation sites is 1. The Morgan fingerprint density at radius 1 is 1.13 bits per heavy atom. The smallest absolute Gasteiger partial charge is 0.328 e. The van der Waals surface area contributed by atoms with Gasteiger partial charge in [-0.15, -0.1) is 0 Å². The Bertz CT molecular complexity index is 1050. The monoisotopic (exact) mass is 423 g/mol. The number of halogens is 1. The van der Waals surface area contributed by atoms with Crippen molar-refractivity contribution in [3.8, 4) is 16.9 Å². The minimum absolute atomic E-state index is 0.106. The van der Waals surface area contributed by atoms with Crippen LogP contribution in [0.5, 0.6) is 0 Å². The zero-order valence-electron chi connectivity index (χ0n) is 16.6. The number of amides is 1. The van der Waals surface area contributed by atoms with Gasteiger partial charge in [0.25, 0.3) is 0 Å². The highest BCUT2D eigenvalue weighted by atomic mass is 35.5. The molecular formula is C23H22ClN3O3. The highest BCUT2D eigenvalue weighted by Gasteiger charge is 2.35. The molecule has 30 heavy (non-hydrogen) atoms. The van der Waals surface area contributed by atoms with E-state index in [4.69, 9.17) is 21.4 Å². The maximum absolute atomic E-state index is 13.1. The molecule has 0 radical (unpaired) electrons. The molecule has 2 aromatic carbocycles. The van der Waals surface area contributed by atoms with E-state index >= 15 is 0 Å². The number of rotatable bonds is 5. The molecule has 1 fully saturated rings. The van der Waals surface area contributed by atoms with E-state index in [1.54, 1.807) is 21.7 Å². The molecule has 0 N–H and O–H groups in total. The van der Waals surface area contributed by atoms with E-state index in [1.165, 1.54) is 7.11 Å². The standard InChI is InChI=1S/C23H22ClN3O3/c1-30-23(29)20-8-5-13-26(20)21(28)14-17-15-27(19-6-3-2-4-7-19)25-22(17)16-9-11-18(24)12-10-16/h2-4,6-7,9-12,15,20H,5,8,13-14H2,1H3. The first-order chi connectivity index (χ1) is 14.6. The molecule has 1 aliphatic heterocycles. The van der Waals surface area contributed by atoms with Crippen LogP contribution in [0.3, 0.4) is 0 Å². The molecule has 1 aliphatic rings. The van der Waals surface area contributed by atoms with Crippen LogP contribution in [-0.4, -0.2) is 46.3 Å². The highest BCUT2D eigenvalue weighted by molar-refractivity contribution is 6.30. The molecule has 2 heterocycles. The summed E-state index contributed by atoms with van der Waals surface area (Å²) in [4.78, 5) is 26.8. The zero-order chi connectivity index (χ0) is 21.1. The number of nitrogens with zero attached hydrogens (tertiary/aromatic N) is 3. The molecule has 4 rings (SSSR count). The van der Waals surface area contributed by atoms with E-state index in [9.17, 15) is 9.59 Å². The summed E-state index contributed by atoms with van der Waals surface area (Å²) in [6.07, 6.45) is 3.45. The van der Waals surface area contributed by atoms with Crippen molar-refractivity contribution >= 4 is 23.5 Å². The Kier molecular flexibility index (Phi) is 5.86. The molecule has 0 bridgehead atoms. The van der Waals surface area contributed by atoms with Crippen molar-refractivity contribution in [1.82, 2.24) is 14.7 Å². The van der Waals surface area contributed by atoms with E-state index in [2.05, 4.69) is 0 Å². The minimum Gasteiger partial charge on any atom is -0.467 e. The molecule has 0 spiro atoms. The van der Waals surface area contributed by atoms with Crippen molar-refractivity contribution in [3.63, 3.8) is 0 Å². The molecule has 1 atom stereocenters. The third-order valence-corrected chi connectivity index (χ3v) is 5.57.